The molecule has 3 N–H and O–H groups in total. The maximum Gasteiger partial charge on any atom is 0.293 e. The zero-order chi connectivity index (χ0) is 13.0. The number of phenolic OH excluding ortho intramolecular Hbond substituents is 1. The molecule has 0 aliphatic rings. The standard InChI is InChI=1S/C12H10N2O3S/c15-9-5-3-8(4-6-9)13-12(18)14-11(16)10-2-1-7-17-10/h1-7,15H,(H2,13,14,16,18). The average Bonchev–Trinajstić information content (AvgIpc) is 2.85. The Morgan fingerprint density at radius 2 is 1.94 bits per heavy atom. The van der Waals surface area contributed by atoms with Crippen LogP contribution in [-0.4, -0.2) is 16.1 Å². The minimum Gasteiger partial charge on any atom is -0.508 e. The number of carbonyl (C=O) groups excluding carboxylic acids is 1. The number of phenols is 1. The Labute approximate surface area is 108 Å². The van der Waals surface area contributed by atoms with Crippen LogP contribution in [0.3, 0.4) is 0 Å². The molecule has 1 heterocycles. The molecular weight excluding hydrogens is 252 g/mol. The summed E-state index contributed by atoms with van der Waals surface area (Å²) in [4.78, 5) is 11.6. The molecule has 0 spiro atoms. The minimum absolute atomic E-state index is 0.155. The molecule has 18 heavy (non-hydrogen) atoms. The first-order valence-corrected chi connectivity index (χ1v) is 5.51. The van der Waals surface area contributed by atoms with Gasteiger partial charge >= 0.3 is 0 Å². The molecular formula is C12H10N2O3S. The van der Waals surface area contributed by atoms with E-state index < -0.39 is 5.91 Å². The summed E-state index contributed by atoms with van der Waals surface area (Å²) in [5.74, 6) is -0.0766. The molecule has 2 rings (SSSR count). The number of hydrogen-bond acceptors (Lipinski definition) is 4. The summed E-state index contributed by atoms with van der Waals surface area (Å²) in [7, 11) is 0. The molecule has 0 radical (unpaired) electrons. The Morgan fingerprint density at radius 3 is 2.56 bits per heavy atom. The number of nitrogens with one attached hydrogen (secondary N) is 2. The highest BCUT2D eigenvalue weighted by atomic mass is 32.1. The fourth-order valence-corrected chi connectivity index (χ4v) is 1.49. The van der Waals surface area contributed by atoms with Crippen LogP contribution < -0.4 is 10.6 Å². The van der Waals surface area contributed by atoms with Gasteiger partial charge in [0, 0.05) is 5.69 Å². The maximum absolute atomic E-state index is 11.6. The molecule has 0 saturated heterocycles. The molecule has 5 nitrogen and oxygen atoms in total. The second kappa shape index (κ2) is 5.33. The number of aromatic hydroxyl groups is 1. The van der Waals surface area contributed by atoms with Crippen molar-refractivity contribution in [2.45, 2.75) is 0 Å². The molecule has 0 aliphatic carbocycles. The van der Waals surface area contributed by atoms with Crippen molar-refractivity contribution in [3.05, 3.63) is 48.4 Å². The average molecular weight is 262 g/mol. The number of rotatable bonds is 2. The highest BCUT2D eigenvalue weighted by molar-refractivity contribution is 7.80. The predicted octanol–water partition coefficient (Wildman–Crippen LogP) is 2.11. The lowest BCUT2D eigenvalue weighted by molar-refractivity contribution is 0.0950. The fraction of sp³-hybridized carbons (Fsp3) is 0. The normalized spacial score (nSPS) is 9.78. The maximum atomic E-state index is 11.6. The zero-order valence-electron chi connectivity index (χ0n) is 9.21. The van der Waals surface area contributed by atoms with Crippen LogP contribution in [0.5, 0.6) is 5.75 Å². The molecule has 0 unspecified atom stereocenters. The van der Waals surface area contributed by atoms with Crippen LogP contribution >= 0.6 is 12.2 Å². The fourth-order valence-electron chi connectivity index (χ4n) is 1.28. The van der Waals surface area contributed by atoms with E-state index in [1.165, 1.54) is 18.4 Å². The number of thiocarbonyl (C=S) groups is 1. The lowest BCUT2D eigenvalue weighted by Crippen LogP contribution is -2.33. The van der Waals surface area contributed by atoms with E-state index in [1.54, 1.807) is 24.3 Å². The first kappa shape index (κ1) is 12.1. The van der Waals surface area contributed by atoms with Gasteiger partial charge < -0.3 is 14.8 Å². The summed E-state index contributed by atoms with van der Waals surface area (Å²) in [5.41, 5.74) is 0.664. The third-order valence-corrected chi connectivity index (χ3v) is 2.30. The number of furan rings is 1. The quantitative estimate of drug-likeness (QED) is 0.571. The largest absolute Gasteiger partial charge is 0.508 e. The minimum atomic E-state index is -0.420. The van der Waals surface area contributed by atoms with Crippen LogP contribution in [0.4, 0.5) is 5.69 Å². The second-order valence-corrected chi connectivity index (χ2v) is 3.84. The highest BCUT2D eigenvalue weighted by Gasteiger charge is 2.09. The number of benzene rings is 1. The van der Waals surface area contributed by atoms with Gasteiger partial charge in [-0.05, 0) is 48.6 Å². The number of hydrogen-bond donors (Lipinski definition) is 3. The Morgan fingerprint density at radius 1 is 1.22 bits per heavy atom. The van der Waals surface area contributed by atoms with Crippen molar-refractivity contribution < 1.29 is 14.3 Å². The van der Waals surface area contributed by atoms with Crippen LogP contribution in [0.25, 0.3) is 0 Å². The third kappa shape index (κ3) is 3.08. The molecule has 1 aromatic carbocycles. The molecule has 2 aromatic rings. The molecule has 0 aliphatic heterocycles. The summed E-state index contributed by atoms with van der Waals surface area (Å²) < 4.78 is 4.93. The Bertz CT molecular complexity index is 549. The van der Waals surface area contributed by atoms with Gasteiger partial charge in [-0.3, -0.25) is 10.1 Å². The SMILES string of the molecule is O=C(NC(=S)Nc1ccc(O)cc1)c1ccco1. The zero-order valence-corrected chi connectivity index (χ0v) is 10.0. The molecule has 0 bridgehead atoms. The second-order valence-electron chi connectivity index (χ2n) is 3.43. The van der Waals surface area contributed by atoms with Crippen LogP contribution in [0.15, 0.2) is 47.1 Å². The van der Waals surface area contributed by atoms with Gasteiger partial charge in [0.05, 0.1) is 6.26 Å². The van der Waals surface area contributed by atoms with Crippen LogP contribution in [0.1, 0.15) is 10.6 Å². The van der Waals surface area contributed by atoms with Crippen molar-refractivity contribution in [3.63, 3.8) is 0 Å². The smallest absolute Gasteiger partial charge is 0.293 e. The van der Waals surface area contributed by atoms with E-state index in [2.05, 4.69) is 10.6 Å². The van der Waals surface area contributed by atoms with Crippen molar-refractivity contribution >= 4 is 28.9 Å². The molecule has 0 saturated carbocycles. The molecule has 1 aromatic heterocycles. The molecule has 0 fully saturated rings. The van der Waals surface area contributed by atoms with Crippen molar-refractivity contribution in [3.8, 4) is 5.75 Å². The van der Waals surface area contributed by atoms with Gasteiger partial charge in [-0.2, -0.15) is 0 Å². The first-order valence-electron chi connectivity index (χ1n) is 5.10. The summed E-state index contributed by atoms with van der Waals surface area (Å²) >= 11 is 4.97. The monoisotopic (exact) mass is 262 g/mol. The third-order valence-electron chi connectivity index (χ3n) is 2.10. The Hall–Kier alpha value is -2.34. The lowest BCUT2D eigenvalue weighted by Gasteiger charge is -2.08. The summed E-state index contributed by atoms with van der Waals surface area (Å²) in [6.07, 6.45) is 1.41. The van der Waals surface area contributed by atoms with Gasteiger partial charge in [-0.15, -0.1) is 0 Å². The van der Waals surface area contributed by atoms with Gasteiger partial charge in [0.1, 0.15) is 5.75 Å². The predicted molar refractivity (Wildman–Crippen MR) is 70.5 cm³/mol. The molecule has 0 atom stereocenters. The summed E-state index contributed by atoms with van der Waals surface area (Å²) in [6, 6.07) is 9.46. The van der Waals surface area contributed by atoms with Crippen molar-refractivity contribution in [1.29, 1.82) is 0 Å². The Balaban J connectivity index is 1.93. The van der Waals surface area contributed by atoms with Crippen molar-refractivity contribution in [1.82, 2.24) is 5.32 Å². The number of amides is 1. The van der Waals surface area contributed by atoms with E-state index in [4.69, 9.17) is 21.7 Å². The van der Waals surface area contributed by atoms with Gasteiger partial charge in [-0.25, -0.2) is 0 Å². The summed E-state index contributed by atoms with van der Waals surface area (Å²) in [5, 5.41) is 14.6. The van der Waals surface area contributed by atoms with E-state index in [1.807, 2.05) is 0 Å². The topological polar surface area (TPSA) is 74.5 Å². The van der Waals surface area contributed by atoms with E-state index in [0.29, 0.717) is 5.69 Å². The van der Waals surface area contributed by atoms with Crippen LogP contribution in [-0.2, 0) is 0 Å². The van der Waals surface area contributed by atoms with E-state index in [0.717, 1.165) is 0 Å². The van der Waals surface area contributed by atoms with Crippen molar-refractivity contribution in [2.24, 2.45) is 0 Å². The van der Waals surface area contributed by atoms with E-state index in [9.17, 15) is 4.79 Å². The number of carbonyl (C=O) groups is 1. The number of anilines is 1. The summed E-state index contributed by atoms with van der Waals surface area (Å²) in [6.45, 7) is 0. The van der Waals surface area contributed by atoms with Crippen LogP contribution in [0, 0.1) is 0 Å². The van der Waals surface area contributed by atoms with Gasteiger partial charge in [0.15, 0.2) is 10.9 Å². The molecule has 92 valence electrons. The van der Waals surface area contributed by atoms with Crippen molar-refractivity contribution in [2.75, 3.05) is 5.32 Å². The molecule has 1 amide bonds. The van der Waals surface area contributed by atoms with E-state index in [-0.39, 0.29) is 16.6 Å². The van der Waals surface area contributed by atoms with Crippen LogP contribution in [0.2, 0.25) is 0 Å². The Kier molecular flexibility index (Phi) is 3.59. The molecule has 6 heteroatoms. The van der Waals surface area contributed by atoms with Gasteiger partial charge in [0.2, 0.25) is 0 Å². The highest BCUT2D eigenvalue weighted by Crippen LogP contribution is 2.13. The van der Waals surface area contributed by atoms with Gasteiger partial charge in [0.25, 0.3) is 5.91 Å². The lowest BCUT2D eigenvalue weighted by atomic mass is 10.3. The van der Waals surface area contributed by atoms with E-state index >= 15 is 0 Å². The van der Waals surface area contributed by atoms with Gasteiger partial charge in [-0.1, -0.05) is 0 Å². The first-order chi connectivity index (χ1) is 8.65.